The second-order valence-electron chi connectivity index (χ2n) is 5.95. The van der Waals surface area contributed by atoms with Crippen molar-refractivity contribution in [1.29, 1.82) is 0 Å². The second-order valence-corrected chi connectivity index (χ2v) is 7.78. The van der Waals surface area contributed by atoms with Crippen LogP contribution in [0.3, 0.4) is 0 Å². The average Bonchev–Trinajstić information content (AvgIpc) is 3.24. The highest BCUT2D eigenvalue weighted by Crippen LogP contribution is 2.36. The number of carbonyl (C=O) groups is 1. The summed E-state index contributed by atoms with van der Waals surface area (Å²) < 4.78 is 6.97. The van der Waals surface area contributed by atoms with Crippen LogP contribution in [-0.4, -0.2) is 22.8 Å². The monoisotopic (exact) mass is 419 g/mol. The zero-order valence-corrected chi connectivity index (χ0v) is 16.7. The number of nitrogens with one attached hydrogen (secondary N) is 1. The van der Waals surface area contributed by atoms with Crippen molar-refractivity contribution in [3.8, 4) is 11.4 Å². The van der Waals surface area contributed by atoms with E-state index in [0.717, 1.165) is 34.2 Å². The molecule has 4 rings (SSSR count). The Hall–Kier alpha value is -2.15. The van der Waals surface area contributed by atoms with E-state index in [1.54, 1.807) is 41.8 Å². The van der Waals surface area contributed by atoms with Gasteiger partial charge in [0.15, 0.2) is 0 Å². The summed E-state index contributed by atoms with van der Waals surface area (Å²) in [6.45, 7) is 0. The van der Waals surface area contributed by atoms with Crippen LogP contribution >= 0.6 is 35.0 Å². The number of benzene rings is 2. The van der Waals surface area contributed by atoms with Crippen LogP contribution in [0.4, 0.5) is 5.82 Å². The Morgan fingerprint density at radius 3 is 2.67 bits per heavy atom. The summed E-state index contributed by atoms with van der Waals surface area (Å²) >= 11 is 13.9. The molecule has 138 valence electrons. The molecule has 0 fully saturated rings. The SMILES string of the molecule is COc1ccc(-n2nc3c(c2NC(=O)c2ccc(Cl)cc2Cl)CSC3)cc1. The molecule has 1 aromatic heterocycles. The number of nitrogens with zero attached hydrogens (tertiary/aromatic N) is 2. The molecule has 0 aliphatic carbocycles. The van der Waals surface area contributed by atoms with E-state index >= 15 is 0 Å². The highest BCUT2D eigenvalue weighted by molar-refractivity contribution is 7.98. The van der Waals surface area contributed by atoms with Gasteiger partial charge in [-0.25, -0.2) is 4.68 Å². The molecule has 0 bridgehead atoms. The fraction of sp³-hybridized carbons (Fsp3) is 0.158. The third-order valence-electron chi connectivity index (χ3n) is 4.28. The summed E-state index contributed by atoms with van der Waals surface area (Å²) in [5, 5.41) is 8.46. The van der Waals surface area contributed by atoms with Crippen molar-refractivity contribution in [2.24, 2.45) is 0 Å². The average molecular weight is 420 g/mol. The van der Waals surface area contributed by atoms with Gasteiger partial charge >= 0.3 is 0 Å². The van der Waals surface area contributed by atoms with Crippen molar-refractivity contribution in [3.63, 3.8) is 0 Å². The zero-order valence-electron chi connectivity index (χ0n) is 14.3. The number of carbonyl (C=O) groups excluding carboxylic acids is 1. The number of rotatable bonds is 4. The number of aromatic nitrogens is 2. The summed E-state index contributed by atoms with van der Waals surface area (Å²) in [6.07, 6.45) is 0. The van der Waals surface area contributed by atoms with Crippen molar-refractivity contribution in [2.45, 2.75) is 11.5 Å². The molecule has 1 aliphatic heterocycles. The van der Waals surface area contributed by atoms with E-state index in [4.69, 9.17) is 27.9 Å². The molecule has 3 aromatic rings. The standard InChI is InChI=1S/C19H15Cl2N3O2S/c1-26-13-5-3-12(4-6-13)24-18(15-9-27-10-17(15)23-24)22-19(25)14-7-2-11(20)8-16(14)21/h2-8H,9-10H2,1H3,(H,22,25). The van der Waals surface area contributed by atoms with E-state index in [9.17, 15) is 4.79 Å². The molecule has 1 amide bonds. The molecule has 0 saturated heterocycles. The van der Waals surface area contributed by atoms with Gasteiger partial charge in [0, 0.05) is 22.1 Å². The lowest BCUT2D eigenvalue weighted by Crippen LogP contribution is -2.16. The van der Waals surface area contributed by atoms with E-state index in [2.05, 4.69) is 10.4 Å². The Bertz CT molecular complexity index is 1020. The second kappa shape index (κ2) is 7.46. The molecule has 0 radical (unpaired) electrons. The van der Waals surface area contributed by atoms with Gasteiger partial charge < -0.3 is 10.1 Å². The molecule has 1 N–H and O–H groups in total. The number of ether oxygens (including phenoxy) is 1. The van der Waals surface area contributed by atoms with Gasteiger partial charge in [0.1, 0.15) is 11.6 Å². The Balaban J connectivity index is 1.72. The number of amides is 1. The van der Waals surface area contributed by atoms with Crippen molar-refractivity contribution >= 4 is 46.7 Å². The van der Waals surface area contributed by atoms with E-state index in [0.29, 0.717) is 21.4 Å². The summed E-state index contributed by atoms with van der Waals surface area (Å²) in [5.41, 5.74) is 3.22. The minimum Gasteiger partial charge on any atom is -0.497 e. The first-order chi connectivity index (χ1) is 13.1. The Kier molecular flexibility index (Phi) is 5.04. The lowest BCUT2D eigenvalue weighted by Gasteiger charge is -2.12. The number of hydrogen-bond acceptors (Lipinski definition) is 4. The first-order valence-corrected chi connectivity index (χ1v) is 10.1. The smallest absolute Gasteiger partial charge is 0.258 e. The Labute approximate surface area is 170 Å². The van der Waals surface area contributed by atoms with Gasteiger partial charge in [-0.2, -0.15) is 16.9 Å². The van der Waals surface area contributed by atoms with Crippen LogP contribution in [0.15, 0.2) is 42.5 Å². The molecule has 5 nitrogen and oxygen atoms in total. The minimum atomic E-state index is -0.300. The molecule has 2 aromatic carbocycles. The number of methoxy groups -OCH3 is 1. The van der Waals surface area contributed by atoms with E-state index in [-0.39, 0.29) is 5.91 Å². The first-order valence-electron chi connectivity index (χ1n) is 8.16. The largest absolute Gasteiger partial charge is 0.497 e. The molecular formula is C19H15Cl2N3O2S. The highest BCUT2D eigenvalue weighted by Gasteiger charge is 2.25. The maximum absolute atomic E-state index is 12.8. The Morgan fingerprint density at radius 1 is 1.19 bits per heavy atom. The molecular weight excluding hydrogens is 405 g/mol. The van der Waals surface area contributed by atoms with Crippen LogP contribution in [0.25, 0.3) is 5.69 Å². The highest BCUT2D eigenvalue weighted by atomic mass is 35.5. The van der Waals surface area contributed by atoms with Crippen molar-refractivity contribution in [1.82, 2.24) is 9.78 Å². The van der Waals surface area contributed by atoms with Crippen molar-refractivity contribution < 1.29 is 9.53 Å². The quantitative estimate of drug-likeness (QED) is 0.632. The van der Waals surface area contributed by atoms with Crippen molar-refractivity contribution in [2.75, 3.05) is 12.4 Å². The van der Waals surface area contributed by atoms with Gasteiger partial charge in [-0.15, -0.1) is 0 Å². The normalized spacial score (nSPS) is 12.7. The summed E-state index contributed by atoms with van der Waals surface area (Å²) in [6, 6.07) is 12.3. The van der Waals surface area contributed by atoms with Gasteiger partial charge in [0.05, 0.1) is 29.1 Å². The molecule has 27 heavy (non-hydrogen) atoms. The van der Waals surface area contributed by atoms with Gasteiger partial charge in [-0.1, -0.05) is 23.2 Å². The van der Waals surface area contributed by atoms with Gasteiger partial charge in [0.25, 0.3) is 5.91 Å². The number of anilines is 1. The fourth-order valence-corrected chi connectivity index (χ4v) is 4.43. The first kappa shape index (κ1) is 18.2. The predicted molar refractivity (Wildman–Crippen MR) is 110 cm³/mol. The van der Waals surface area contributed by atoms with Crippen LogP contribution < -0.4 is 10.1 Å². The fourth-order valence-electron chi connectivity index (χ4n) is 2.90. The maximum Gasteiger partial charge on any atom is 0.258 e. The van der Waals surface area contributed by atoms with Gasteiger partial charge in [-0.3, -0.25) is 4.79 Å². The Morgan fingerprint density at radius 2 is 1.96 bits per heavy atom. The van der Waals surface area contributed by atoms with E-state index in [1.165, 1.54) is 0 Å². The number of thioether (sulfide) groups is 1. The van der Waals surface area contributed by atoms with Gasteiger partial charge in [0.2, 0.25) is 0 Å². The van der Waals surface area contributed by atoms with E-state index in [1.807, 2.05) is 24.3 Å². The number of hydrogen-bond donors (Lipinski definition) is 1. The van der Waals surface area contributed by atoms with E-state index < -0.39 is 0 Å². The summed E-state index contributed by atoms with van der Waals surface area (Å²) in [5.74, 6) is 2.74. The number of fused-ring (bicyclic) bond motifs is 1. The van der Waals surface area contributed by atoms with Crippen LogP contribution in [0.5, 0.6) is 5.75 Å². The summed E-state index contributed by atoms with van der Waals surface area (Å²) in [7, 11) is 1.62. The molecule has 2 heterocycles. The van der Waals surface area contributed by atoms with Gasteiger partial charge in [-0.05, 0) is 42.5 Å². The topological polar surface area (TPSA) is 56.1 Å². The number of halogens is 2. The third kappa shape index (κ3) is 3.52. The lowest BCUT2D eigenvalue weighted by atomic mass is 10.2. The molecule has 0 saturated carbocycles. The molecule has 8 heteroatoms. The lowest BCUT2D eigenvalue weighted by molar-refractivity contribution is 0.102. The van der Waals surface area contributed by atoms with Crippen LogP contribution in [-0.2, 0) is 11.5 Å². The maximum atomic E-state index is 12.8. The zero-order chi connectivity index (χ0) is 19.0. The van der Waals surface area contributed by atoms with Crippen LogP contribution in [0.1, 0.15) is 21.6 Å². The molecule has 0 atom stereocenters. The van der Waals surface area contributed by atoms with Crippen LogP contribution in [0, 0.1) is 0 Å². The molecule has 0 unspecified atom stereocenters. The third-order valence-corrected chi connectivity index (χ3v) is 5.79. The van der Waals surface area contributed by atoms with Crippen molar-refractivity contribution in [3.05, 3.63) is 69.3 Å². The summed E-state index contributed by atoms with van der Waals surface area (Å²) in [4.78, 5) is 12.8. The molecule has 0 spiro atoms. The van der Waals surface area contributed by atoms with Crippen LogP contribution in [0.2, 0.25) is 10.0 Å². The minimum absolute atomic E-state index is 0.300. The molecule has 1 aliphatic rings. The predicted octanol–water partition coefficient (Wildman–Crippen LogP) is 5.19.